The molecular weight excluding hydrogens is 279 g/mol. The molecule has 6 heteroatoms. The zero-order valence-corrected chi connectivity index (χ0v) is 11.0. The average molecular weight is 292 g/mol. The Morgan fingerprint density at radius 3 is 2.68 bits per heavy atom. The molecule has 1 unspecified atom stereocenters. The summed E-state index contributed by atoms with van der Waals surface area (Å²) < 4.78 is 36.3. The van der Waals surface area contributed by atoms with E-state index in [4.69, 9.17) is 16.7 Å². The summed E-state index contributed by atoms with van der Waals surface area (Å²) in [4.78, 5) is 1.30. The first-order valence-corrected chi connectivity index (χ1v) is 5.84. The normalized spacial score (nSPS) is 13.0. The number of rotatable bonds is 3. The number of hydrogen-bond acceptors (Lipinski definition) is 2. The van der Waals surface area contributed by atoms with Gasteiger partial charge >= 0.3 is 6.18 Å². The second-order valence-electron chi connectivity index (χ2n) is 4.07. The van der Waals surface area contributed by atoms with E-state index in [0.717, 1.165) is 0 Å². The third-order valence-corrected chi connectivity index (χ3v) is 2.50. The van der Waals surface area contributed by atoms with E-state index in [0.29, 0.717) is 10.6 Å². The van der Waals surface area contributed by atoms with Gasteiger partial charge in [-0.2, -0.15) is 13.2 Å². The van der Waals surface area contributed by atoms with Crippen LogP contribution in [0.25, 0.3) is 0 Å². The Morgan fingerprint density at radius 1 is 1.42 bits per heavy atom. The number of benzene rings is 1. The van der Waals surface area contributed by atoms with Crippen LogP contribution in [0.4, 0.5) is 13.2 Å². The Morgan fingerprint density at radius 2 is 2.11 bits per heavy atom. The Hall–Kier alpha value is -1.22. The van der Waals surface area contributed by atoms with Crippen LogP contribution >= 0.6 is 11.6 Å². The number of nitrogens with zero attached hydrogens (tertiary/aromatic N) is 1. The van der Waals surface area contributed by atoms with E-state index in [1.54, 1.807) is 24.3 Å². The second-order valence-corrected chi connectivity index (χ2v) is 4.50. The molecule has 1 aromatic rings. The van der Waals surface area contributed by atoms with Crippen molar-refractivity contribution in [2.45, 2.75) is 12.3 Å². The molecule has 1 rings (SSSR count). The van der Waals surface area contributed by atoms with Crippen molar-refractivity contribution in [2.24, 2.45) is 0 Å². The van der Waals surface area contributed by atoms with E-state index in [1.165, 1.54) is 11.9 Å². The molecule has 0 aliphatic rings. The molecule has 0 bridgehead atoms. The van der Waals surface area contributed by atoms with Gasteiger partial charge in [-0.25, -0.2) is 0 Å². The van der Waals surface area contributed by atoms with Crippen LogP contribution in [0.1, 0.15) is 5.56 Å². The molecule has 0 saturated heterocycles. The molecule has 1 atom stereocenters. The lowest BCUT2D eigenvalue weighted by Crippen LogP contribution is -2.39. The van der Waals surface area contributed by atoms with Crippen molar-refractivity contribution in [3.63, 3.8) is 0 Å². The van der Waals surface area contributed by atoms with Gasteiger partial charge in [-0.1, -0.05) is 29.5 Å². The maximum atomic E-state index is 12.1. The van der Waals surface area contributed by atoms with E-state index >= 15 is 0 Å². The zero-order chi connectivity index (χ0) is 14.5. The van der Waals surface area contributed by atoms with Gasteiger partial charge in [0.25, 0.3) is 0 Å². The van der Waals surface area contributed by atoms with Crippen molar-refractivity contribution >= 4 is 11.6 Å². The first-order chi connectivity index (χ1) is 8.79. The van der Waals surface area contributed by atoms with Gasteiger partial charge in [0.05, 0.1) is 6.54 Å². The predicted octanol–water partition coefficient (Wildman–Crippen LogP) is 2.55. The highest BCUT2D eigenvalue weighted by Gasteiger charge is 2.38. The molecule has 0 aromatic heterocycles. The molecule has 2 nitrogen and oxygen atoms in total. The molecule has 1 aromatic carbocycles. The molecule has 0 spiro atoms. The molecule has 0 aliphatic heterocycles. The van der Waals surface area contributed by atoms with Crippen molar-refractivity contribution in [1.82, 2.24) is 4.90 Å². The minimum atomic E-state index is -4.60. The average Bonchev–Trinajstić information content (AvgIpc) is 2.27. The molecule has 19 heavy (non-hydrogen) atoms. The molecular formula is C13H13ClF3NO. The number of alkyl halides is 3. The fourth-order valence-electron chi connectivity index (χ4n) is 1.31. The van der Waals surface area contributed by atoms with Crippen LogP contribution in [-0.2, 0) is 0 Å². The summed E-state index contributed by atoms with van der Waals surface area (Å²) in [6.07, 6.45) is -6.96. The number of aliphatic hydroxyl groups is 1. The van der Waals surface area contributed by atoms with Gasteiger partial charge in [-0.15, -0.1) is 0 Å². The maximum Gasteiger partial charge on any atom is 0.415 e. The molecule has 0 amide bonds. The molecule has 104 valence electrons. The second kappa shape index (κ2) is 6.80. The fourth-order valence-corrected chi connectivity index (χ4v) is 1.50. The third kappa shape index (κ3) is 5.97. The molecule has 1 N–H and O–H groups in total. The highest BCUT2D eigenvalue weighted by atomic mass is 35.5. The number of hydrogen-bond donors (Lipinski definition) is 1. The van der Waals surface area contributed by atoms with E-state index in [1.807, 2.05) is 0 Å². The van der Waals surface area contributed by atoms with Gasteiger partial charge in [0, 0.05) is 17.1 Å². The highest BCUT2D eigenvalue weighted by Crippen LogP contribution is 2.20. The van der Waals surface area contributed by atoms with Crippen molar-refractivity contribution < 1.29 is 18.3 Å². The summed E-state index contributed by atoms with van der Waals surface area (Å²) in [7, 11) is 1.46. The monoisotopic (exact) mass is 291 g/mol. The van der Waals surface area contributed by atoms with E-state index in [2.05, 4.69) is 11.8 Å². The Balaban J connectivity index is 2.49. The largest absolute Gasteiger partial charge is 0.415 e. The van der Waals surface area contributed by atoms with Crippen LogP contribution < -0.4 is 0 Å². The summed E-state index contributed by atoms with van der Waals surface area (Å²) in [5.41, 5.74) is 0.692. The molecule has 0 radical (unpaired) electrons. The van der Waals surface area contributed by atoms with Crippen LogP contribution in [0.5, 0.6) is 0 Å². The summed E-state index contributed by atoms with van der Waals surface area (Å²) in [5.74, 6) is 5.51. The van der Waals surface area contributed by atoms with Crippen LogP contribution in [0.3, 0.4) is 0 Å². The lowest BCUT2D eigenvalue weighted by atomic mass is 10.2. The SMILES string of the molecule is CN(CC#Cc1cccc(Cl)c1)CC(O)C(F)(F)F. The summed E-state index contributed by atoms with van der Waals surface area (Å²) >= 11 is 5.77. The summed E-state index contributed by atoms with van der Waals surface area (Å²) in [5, 5.41) is 9.43. The minimum Gasteiger partial charge on any atom is -0.382 e. The van der Waals surface area contributed by atoms with Gasteiger partial charge in [0.15, 0.2) is 6.10 Å². The lowest BCUT2D eigenvalue weighted by Gasteiger charge is -2.20. The number of aliphatic hydroxyl groups excluding tert-OH is 1. The zero-order valence-electron chi connectivity index (χ0n) is 10.2. The van der Waals surface area contributed by atoms with Gasteiger partial charge < -0.3 is 5.11 Å². The molecule has 0 heterocycles. The summed E-state index contributed by atoms with van der Waals surface area (Å²) in [6.45, 7) is -0.382. The quantitative estimate of drug-likeness (QED) is 0.865. The van der Waals surface area contributed by atoms with Crippen molar-refractivity contribution in [3.05, 3.63) is 34.9 Å². The van der Waals surface area contributed by atoms with Crippen molar-refractivity contribution in [1.29, 1.82) is 0 Å². The third-order valence-electron chi connectivity index (χ3n) is 2.27. The van der Waals surface area contributed by atoms with Gasteiger partial charge in [-0.05, 0) is 25.2 Å². The Labute approximate surface area is 114 Å². The Bertz CT molecular complexity index is 479. The topological polar surface area (TPSA) is 23.5 Å². The van der Waals surface area contributed by atoms with Crippen molar-refractivity contribution in [2.75, 3.05) is 20.1 Å². The van der Waals surface area contributed by atoms with E-state index < -0.39 is 18.8 Å². The number of likely N-dealkylation sites (N-methyl/N-ethyl adjacent to an activating group) is 1. The van der Waals surface area contributed by atoms with Crippen LogP contribution in [-0.4, -0.2) is 42.4 Å². The predicted molar refractivity (Wildman–Crippen MR) is 67.9 cm³/mol. The standard InChI is InChI=1S/C13H13ClF3NO/c1-18(9-12(19)13(15,16)17)7-3-5-10-4-2-6-11(14)8-10/h2,4,6,8,12,19H,7,9H2,1H3. The van der Waals surface area contributed by atoms with E-state index in [-0.39, 0.29) is 6.54 Å². The van der Waals surface area contributed by atoms with Gasteiger partial charge in [-0.3, -0.25) is 4.90 Å². The smallest absolute Gasteiger partial charge is 0.382 e. The highest BCUT2D eigenvalue weighted by molar-refractivity contribution is 6.30. The maximum absolute atomic E-state index is 12.1. The molecule has 0 fully saturated rings. The number of halogens is 4. The first-order valence-electron chi connectivity index (χ1n) is 5.47. The molecule has 0 saturated carbocycles. The van der Waals surface area contributed by atoms with Crippen LogP contribution in [0, 0.1) is 11.8 Å². The summed E-state index contributed by atoms with van der Waals surface area (Å²) in [6, 6.07) is 6.87. The van der Waals surface area contributed by atoms with Gasteiger partial charge in [0.2, 0.25) is 0 Å². The van der Waals surface area contributed by atoms with Crippen molar-refractivity contribution in [3.8, 4) is 11.8 Å². The Kier molecular flexibility index (Phi) is 5.67. The lowest BCUT2D eigenvalue weighted by molar-refractivity contribution is -0.207. The fraction of sp³-hybridized carbons (Fsp3) is 0.385. The molecule has 0 aliphatic carbocycles. The minimum absolute atomic E-state index is 0.125. The van der Waals surface area contributed by atoms with Crippen LogP contribution in [0.15, 0.2) is 24.3 Å². The van der Waals surface area contributed by atoms with Crippen LogP contribution in [0.2, 0.25) is 5.02 Å². The van der Waals surface area contributed by atoms with Gasteiger partial charge in [0.1, 0.15) is 0 Å². The van der Waals surface area contributed by atoms with E-state index in [9.17, 15) is 13.2 Å². The first kappa shape index (κ1) is 15.8.